The first-order chi connectivity index (χ1) is 7.66. The highest BCUT2D eigenvalue weighted by Gasteiger charge is 2.02. The van der Waals surface area contributed by atoms with Crippen LogP contribution in [0.3, 0.4) is 0 Å². The molecule has 2 heterocycles. The number of rotatable bonds is 2. The summed E-state index contributed by atoms with van der Waals surface area (Å²) < 4.78 is 2.59. The molecule has 0 aliphatic rings. The first-order valence-electron chi connectivity index (χ1n) is 4.92. The van der Waals surface area contributed by atoms with E-state index in [1.165, 1.54) is 0 Å². The van der Waals surface area contributed by atoms with Crippen molar-refractivity contribution in [3.63, 3.8) is 0 Å². The van der Waals surface area contributed by atoms with Gasteiger partial charge in [-0.2, -0.15) is 0 Å². The Kier molecular flexibility index (Phi) is 3.19. The maximum atomic E-state index is 11.8. The molecular formula is C12H11BrN2O. The molecule has 0 bridgehead atoms. The van der Waals surface area contributed by atoms with Crippen LogP contribution in [0.4, 0.5) is 0 Å². The maximum absolute atomic E-state index is 11.8. The molecule has 0 N–H and O–H groups in total. The van der Waals surface area contributed by atoms with Crippen molar-refractivity contribution in [1.29, 1.82) is 0 Å². The fraction of sp³-hybridized carbons (Fsp3) is 0.167. The Balaban J connectivity index is 2.39. The predicted octanol–water partition coefficient (Wildman–Crippen LogP) is 2.36. The molecule has 4 heteroatoms. The summed E-state index contributed by atoms with van der Waals surface area (Å²) in [4.78, 5) is 15.9. The van der Waals surface area contributed by atoms with Crippen molar-refractivity contribution in [2.45, 2.75) is 13.5 Å². The van der Waals surface area contributed by atoms with Crippen LogP contribution in [0.15, 0.2) is 46.1 Å². The van der Waals surface area contributed by atoms with E-state index >= 15 is 0 Å². The summed E-state index contributed by atoms with van der Waals surface area (Å²) in [5.74, 6) is 0. The Labute approximate surface area is 102 Å². The number of hydrogen-bond donors (Lipinski definition) is 0. The average Bonchev–Trinajstić information content (AvgIpc) is 2.27. The topological polar surface area (TPSA) is 34.9 Å². The third-order valence-corrected chi connectivity index (χ3v) is 2.74. The third kappa shape index (κ3) is 2.39. The molecule has 2 aromatic heterocycles. The molecule has 2 rings (SSSR count). The second kappa shape index (κ2) is 4.61. The summed E-state index contributed by atoms with van der Waals surface area (Å²) in [5.41, 5.74) is 1.78. The minimum atomic E-state index is 0.0343. The highest BCUT2D eigenvalue weighted by atomic mass is 79.9. The minimum Gasteiger partial charge on any atom is -0.310 e. The van der Waals surface area contributed by atoms with Gasteiger partial charge < -0.3 is 4.57 Å². The van der Waals surface area contributed by atoms with Gasteiger partial charge in [-0.3, -0.25) is 9.78 Å². The highest BCUT2D eigenvalue weighted by molar-refractivity contribution is 9.10. The monoisotopic (exact) mass is 278 g/mol. The standard InChI is InChI=1S/C12H11BrN2O/c1-9-5-11(13)8-15(12(9)16)7-10-3-2-4-14-6-10/h2-6,8H,7H2,1H3. The number of nitrogens with zero attached hydrogens (tertiary/aromatic N) is 2. The summed E-state index contributed by atoms with van der Waals surface area (Å²) in [5, 5.41) is 0. The van der Waals surface area contributed by atoms with Crippen molar-refractivity contribution in [3.8, 4) is 0 Å². The molecule has 0 spiro atoms. The van der Waals surface area contributed by atoms with Crippen molar-refractivity contribution >= 4 is 15.9 Å². The lowest BCUT2D eigenvalue weighted by Crippen LogP contribution is -2.22. The smallest absolute Gasteiger partial charge is 0.253 e. The lowest BCUT2D eigenvalue weighted by Gasteiger charge is -2.07. The van der Waals surface area contributed by atoms with Crippen LogP contribution in [0.25, 0.3) is 0 Å². The van der Waals surface area contributed by atoms with Gasteiger partial charge in [0, 0.05) is 28.6 Å². The Morgan fingerprint density at radius 1 is 1.50 bits per heavy atom. The van der Waals surface area contributed by atoms with E-state index in [0.717, 1.165) is 15.6 Å². The van der Waals surface area contributed by atoms with Gasteiger partial charge in [0.1, 0.15) is 0 Å². The second-order valence-corrected chi connectivity index (χ2v) is 4.55. The normalized spacial score (nSPS) is 10.4. The largest absolute Gasteiger partial charge is 0.310 e. The first-order valence-corrected chi connectivity index (χ1v) is 5.71. The van der Waals surface area contributed by atoms with Crippen molar-refractivity contribution in [2.24, 2.45) is 0 Å². The number of aryl methyl sites for hydroxylation is 1. The van der Waals surface area contributed by atoms with Crippen LogP contribution in [-0.4, -0.2) is 9.55 Å². The van der Waals surface area contributed by atoms with E-state index in [4.69, 9.17) is 0 Å². The molecule has 0 aliphatic carbocycles. The number of halogens is 1. The summed E-state index contributed by atoms with van der Waals surface area (Å²) in [6, 6.07) is 5.64. The van der Waals surface area contributed by atoms with E-state index in [9.17, 15) is 4.79 Å². The van der Waals surface area contributed by atoms with E-state index < -0.39 is 0 Å². The fourth-order valence-corrected chi connectivity index (χ4v) is 2.14. The zero-order valence-electron chi connectivity index (χ0n) is 8.85. The van der Waals surface area contributed by atoms with Crippen molar-refractivity contribution in [2.75, 3.05) is 0 Å². The zero-order chi connectivity index (χ0) is 11.5. The van der Waals surface area contributed by atoms with E-state index in [1.54, 1.807) is 23.2 Å². The quantitative estimate of drug-likeness (QED) is 0.845. The number of pyridine rings is 2. The Bertz CT molecular complexity index is 549. The van der Waals surface area contributed by atoms with Crippen molar-refractivity contribution in [3.05, 3.63) is 62.7 Å². The molecule has 0 aliphatic heterocycles. The SMILES string of the molecule is Cc1cc(Br)cn(Cc2cccnc2)c1=O. The van der Waals surface area contributed by atoms with Crippen molar-refractivity contribution < 1.29 is 0 Å². The fourth-order valence-electron chi connectivity index (χ4n) is 1.55. The lowest BCUT2D eigenvalue weighted by molar-refractivity contribution is 0.746. The van der Waals surface area contributed by atoms with Gasteiger partial charge in [0.15, 0.2) is 0 Å². The summed E-state index contributed by atoms with van der Waals surface area (Å²) in [6.45, 7) is 2.36. The van der Waals surface area contributed by atoms with Gasteiger partial charge in [0.25, 0.3) is 5.56 Å². The van der Waals surface area contributed by atoms with Gasteiger partial charge in [-0.1, -0.05) is 6.07 Å². The number of aromatic nitrogens is 2. The minimum absolute atomic E-state index is 0.0343. The Morgan fingerprint density at radius 2 is 2.31 bits per heavy atom. The molecular weight excluding hydrogens is 268 g/mol. The van der Waals surface area contributed by atoms with Gasteiger partial charge in [-0.25, -0.2) is 0 Å². The molecule has 0 aromatic carbocycles. The van der Waals surface area contributed by atoms with Gasteiger partial charge in [-0.05, 0) is 40.5 Å². The molecule has 0 saturated carbocycles. The lowest BCUT2D eigenvalue weighted by atomic mass is 10.2. The van der Waals surface area contributed by atoms with E-state index in [0.29, 0.717) is 6.54 Å². The summed E-state index contributed by atoms with van der Waals surface area (Å²) in [7, 11) is 0. The Hall–Kier alpha value is -1.42. The van der Waals surface area contributed by atoms with E-state index in [-0.39, 0.29) is 5.56 Å². The second-order valence-electron chi connectivity index (χ2n) is 3.64. The molecule has 16 heavy (non-hydrogen) atoms. The molecule has 2 aromatic rings. The molecule has 0 amide bonds. The van der Waals surface area contributed by atoms with Gasteiger partial charge in [-0.15, -0.1) is 0 Å². The van der Waals surface area contributed by atoms with Gasteiger partial charge in [0.05, 0.1) is 6.54 Å². The van der Waals surface area contributed by atoms with Crippen molar-refractivity contribution in [1.82, 2.24) is 9.55 Å². The molecule has 0 unspecified atom stereocenters. The zero-order valence-corrected chi connectivity index (χ0v) is 10.4. The molecule has 0 atom stereocenters. The van der Waals surface area contributed by atoms with Crippen LogP contribution >= 0.6 is 15.9 Å². The predicted molar refractivity (Wildman–Crippen MR) is 66.5 cm³/mol. The Morgan fingerprint density at radius 3 is 3.00 bits per heavy atom. The molecule has 0 saturated heterocycles. The van der Waals surface area contributed by atoms with Crippen LogP contribution in [0, 0.1) is 6.92 Å². The first kappa shape index (κ1) is 11.1. The third-order valence-electron chi connectivity index (χ3n) is 2.31. The van der Waals surface area contributed by atoms with Gasteiger partial charge >= 0.3 is 0 Å². The molecule has 0 fully saturated rings. The van der Waals surface area contributed by atoms with E-state index in [2.05, 4.69) is 20.9 Å². The number of hydrogen-bond acceptors (Lipinski definition) is 2. The van der Waals surface area contributed by atoms with Crippen LogP contribution in [-0.2, 0) is 6.54 Å². The van der Waals surface area contributed by atoms with Crippen LogP contribution < -0.4 is 5.56 Å². The van der Waals surface area contributed by atoms with Crippen LogP contribution in [0.1, 0.15) is 11.1 Å². The molecule has 0 radical (unpaired) electrons. The van der Waals surface area contributed by atoms with Crippen LogP contribution in [0.5, 0.6) is 0 Å². The summed E-state index contributed by atoms with van der Waals surface area (Å²) in [6.07, 6.45) is 5.28. The average molecular weight is 279 g/mol. The molecule has 82 valence electrons. The summed E-state index contributed by atoms with van der Waals surface area (Å²) >= 11 is 3.39. The van der Waals surface area contributed by atoms with Gasteiger partial charge in [0.2, 0.25) is 0 Å². The highest BCUT2D eigenvalue weighted by Crippen LogP contribution is 2.09. The van der Waals surface area contributed by atoms with Crippen LogP contribution in [0.2, 0.25) is 0 Å². The maximum Gasteiger partial charge on any atom is 0.253 e. The molecule has 3 nitrogen and oxygen atoms in total. The van der Waals surface area contributed by atoms with E-state index in [1.807, 2.05) is 25.1 Å².